The molecule has 9 heteroatoms. The van der Waals surface area contributed by atoms with Gasteiger partial charge in [0.25, 0.3) is 0 Å². The fourth-order valence-electron chi connectivity index (χ4n) is 2.39. The molecule has 0 saturated heterocycles. The van der Waals surface area contributed by atoms with E-state index in [0.717, 1.165) is 11.4 Å². The molecule has 2 heterocycles. The smallest absolute Gasteiger partial charge is 0.350 e. The third-order valence-electron chi connectivity index (χ3n) is 3.73. The Morgan fingerprint density at radius 1 is 1.22 bits per heavy atom. The number of thiophene rings is 1. The van der Waals surface area contributed by atoms with Crippen LogP contribution in [0.1, 0.15) is 21.1 Å². The lowest BCUT2D eigenvalue weighted by molar-refractivity contribution is -0.113. The highest BCUT2D eigenvalue weighted by atomic mass is 32.2. The van der Waals surface area contributed by atoms with E-state index < -0.39 is 5.97 Å². The van der Waals surface area contributed by atoms with E-state index in [1.54, 1.807) is 11.4 Å². The first kappa shape index (κ1) is 19.1. The summed E-state index contributed by atoms with van der Waals surface area (Å²) in [4.78, 5) is 24.3. The maximum absolute atomic E-state index is 12.3. The molecule has 0 saturated carbocycles. The molecule has 0 aliphatic carbocycles. The van der Waals surface area contributed by atoms with Crippen LogP contribution in [0.4, 0.5) is 5.69 Å². The largest absolute Gasteiger partial charge is 0.465 e. The SMILES string of the molecule is COC(=O)c1sccc1NC(=O)CSc1nnc(C)n1Cc1ccccc1. The highest BCUT2D eigenvalue weighted by Crippen LogP contribution is 2.24. The number of hydrogen-bond donors (Lipinski definition) is 1. The van der Waals surface area contributed by atoms with Crippen molar-refractivity contribution in [2.45, 2.75) is 18.6 Å². The summed E-state index contributed by atoms with van der Waals surface area (Å²) >= 11 is 2.52. The topological polar surface area (TPSA) is 86.1 Å². The van der Waals surface area contributed by atoms with E-state index in [9.17, 15) is 9.59 Å². The molecule has 0 bridgehead atoms. The summed E-state index contributed by atoms with van der Waals surface area (Å²) in [5, 5.41) is 13.4. The number of amides is 1. The normalized spacial score (nSPS) is 10.6. The van der Waals surface area contributed by atoms with E-state index in [1.165, 1.54) is 30.2 Å². The van der Waals surface area contributed by atoms with Crippen molar-refractivity contribution < 1.29 is 14.3 Å². The fraction of sp³-hybridized carbons (Fsp3) is 0.222. The molecule has 1 aromatic carbocycles. The Hall–Kier alpha value is -2.65. The van der Waals surface area contributed by atoms with Crippen LogP contribution in [0.5, 0.6) is 0 Å². The average molecular weight is 403 g/mol. The molecule has 0 fully saturated rings. The van der Waals surface area contributed by atoms with Crippen molar-refractivity contribution in [1.29, 1.82) is 0 Å². The number of aryl methyl sites for hydroxylation is 1. The molecule has 0 spiro atoms. The Balaban J connectivity index is 1.63. The van der Waals surface area contributed by atoms with Gasteiger partial charge in [-0.15, -0.1) is 21.5 Å². The summed E-state index contributed by atoms with van der Waals surface area (Å²) in [7, 11) is 1.31. The van der Waals surface area contributed by atoms with Crippen LogP contribution in [0.3, 0.4) is 0 Å². The molecular formula is C18H18N4O3S2. The first-order chi connectivity index (χ1) is 13.1. The first-order valence-corrected chi connectivity index (χ1v) is 9.97. The maximum Gasteiger partial charge on any atom is 0.350 e. The number of rotatable bonds is 7. The van der Waals surface area contributed by atoms with E-state index >= 15 is 0 Å². The van der Waals surface area contributed by atoms with Crippen LogP contribution < -0.4 is 5.32 Å². The summed E-state index contributed by atoms with van der Waals surface area (Å²) in [5.74, 6) is 0.248. The van der Waals surface area contributed by atoms with Gasteiger partial charge < -0.3 is 14.6 Å². The summed E-state index contributed by atoms with van der Waals surface area (Å²) in [6.45, 7) is 2.52. The molecular weight excluding hydrogens is 384 g/mol. The van der Waals surface area contributed by atoms with Gasteiger partial charge in [-0.05, 0) is 23.9 Å². The number of nitrogens with one attached hydrogen (secondary N) is 1. The van der Waals surface area contributed by atoms with Crippen molar-refractivity contribution in [2.75, 3.05) is 18.2 Å². The van der Waals surface area contributed by atoms with Crippen molar-refractivity contribution in [3.63, 3.8) is 0 Å². The quantitative estimate of drug-likeness (QED) is 0.482. The number of aromatic nitrogens is 3. The van der Waals surface area contributed by atoms with E-state index in [-0.39, 0.29) is 11.7 Å². The number of carbonyl (C=O) groups excluding carboxylic acids is 2. The standard InChI is InChI=1S/C18H18N4O3S2/c1-12-20-21-18(22(12)10-13-6-4-3-5-7-13)27-11-15(23)19-14-8-9-26-16(14)17(24)25-2/h3-9H,10-11H2,1-2H3,(H,19,23). The van der Waals surface area contributed by atoms with Gasteiger partial charge in [-0.2, -0.15) is 0 Å². The number of benzene rings is 1. The van der Waals surface area contributed by atoms with Crippen molar-refractivity contribution in [3.05, 3.63) is 58.0 Å². The van der Waals surface area contributed by atoms with Crippen LogP contribution in [0.15, 0.2) is 46.9 Å². The third-order valence-corrected chi connectivity index (χ3v) is 5.59. The zero-order chi connectivity index (χ0) is 19.2. The summed E-state index contributed by atoms with van der Waals surface area (Å²) in [6.07, 6.45) is 0. The van der Waals surface area contributed by atoms with Crippen molar-refractivity contribution in [3.8, 4) is 0 Å². The Morgan fingerprint density at radius 2 is 2.00 bits per heavy atom. The van der Waals surface area contributed by atoms with Crippen LogP contribution in [0, 0.1) is 6.92 Å². The summed E-state index contributed by atoms with van der Waals surface area (Å²) in [5.41, 5.74) is 1.59. The molecule has 0 aliphatic rings. The molecule has 2 aromatic heterocycles. The second kappa shape index (κ2) is 8.83. The molecule has 0 aliphatic heterocycles. The predicted molar refractivity (Wildman–Crippen MR) is 105 cm³/mol. The van der Waals surface area contributed by atoms with Crippen molar-refractivity contribution in [2.24, 2.45) is 0 Å². The van der Waals surface area contributed by atoms with Crippen molar-refractivity contribution >= 4 is 40.7 Å². The minimum absolute atomic E-state index is 0.156. The van der Waals surface area contributed by atoms with Gasteiger partial charge in [0.15, 0.2) is 5.16 Å². The van der Waals surface area contributed by atoms with E-state index in [2.05, 4.69) is 15.5 Å². The second-order valence-electron chi connectivity index (χ2n) is 5.59. The Labute approximate surface area is 164 Å². The van der Waals surface area contributed by atoms with Crippen molar-refractivity contribution in [1.82, 2.24) is 14.8 Å². The number of carbonyl (C=O) groups is 2. The lowest BCUT2D eigenvalue weighted by Gasteiger charge is -2.09. The minimum Gasteiger partial charge on any atom is -0.465 e. The zero-order valence-corrected chi connectivity index (χ0v) is 16.5. The molecule has 3 rings (SSSR count). The highest BCUT2D eigenvalue weighted by molar-refractivity contribution is 7.99. The molecule has 0 unspecified atom stereocenters. The highest BCUT2D eigenvalue weighted by Gasteiger charge is 2.17. The minimum atomic E-state index is -0.466. The van der Waals surface area contributed by atoms with Crippen LogP contribution in [-0.2, 0) is 16.1 Å². The second-order valence-corrected chi connectivity index (χ2v) is 7.45. The molecule has 1 N–H and O–H groups in total. The number of nitrogens with zero attached hydrogens (tertiary/aromatic N) is 3. The molecule has 0 radical (unpaired) electrons. The number of methoxy groups -OCH3 is 1. The van der Waals surface area contributed by atoms with Crippen LogP contribution in [0.25, 0.3) is 0 Å². The predicted octanol–water partition coefficient (Wildman–Crippen LogP) is 3.21. The van der Waals surface area contributed by atoms with Gasteiger partial charge in [0.2, 0.25) is 5.91 Å². The van der Waals surface area contributed by atoms with Gasteiger partial charge >= 0.3 is 5.97 Å². The first-order valence-electron chi connectivity index (χ1n) is 8.10. The van der Waals surface area contributed by atoms with Gasteiger partial charge in [-0.3, -0.25) is 4.79 Å². The number of anilines is 1. The Morgan fingerprint density at radius 3 is 2.74 bits per heavy atom. The number of thioether (sulfide) groups is 1. The molecule has 1 amide bonds. The van der Waals surface area contributed by atoms with Gasteiger partial charge in [-0.1, -0.05) is 42.1 Å². The Bertz CT molecular complexity index is 937. The van der Waals surface area contributed by atoms with Gasteiger partial charge in [0.1, 0.15) is 10.7 Å². The number of ether oxygens (including phenoxy) is 1. The summed E-state index contributed by atoms with van der Waals surface area (Å²) < 4.78 is 6.68. The zero-order valence-electron chi connectivity index (χ0n) is 14.8. The molecule has 27 heavy (non-hydrogen) atoms. The van der Waals surface area contributed by atoms with Crippen LogP contribution in [-0.4, -0.2) is 39.5 Å². The summed E-state index contributed by atoms with van der Waals surface area (Å²) in [6, 6.07) is 11.7. The van der Waals surface area contributed by atoms with E-state index in [1.807, 2.05) is 41.8 Å². The van der Waals surface area contributed by atoms with E-state index in [4.69, 9.17) is 4.74 Å². The fourth-order valence-corrected chi connectivity index (χ4v) is 3.94. The van der Waals surface area contributed by atoms with Gasteiger partial charge in [0, 0.05) is 0 Å². The molecule has 3 aromatic rings. The molecule has 0 atom stereocenters. The van der Waals surface area contributed by atoms with Gasteiger partial charge in [0.05, 0.1) is 25.1 Å². The molecule has 7 nitrogen and oxygen atoms in total. The van der Waals surface area contributed by atoms with Crippen LogP contribution in [0.2, 0.25) is 0 Å². The third kappa shape index (κ3) is 4.75. The van der Waals surface area contributed by atoms with E-state index in [0.29, 0.717) is 22.3 Å². The number of esters is 1. The Kier molecular flexibility index (Phi) is 6.25. The average Bonchev–Trinajstić information content (AvgIpc) is 3.27. The molecule has 140 valence electrons. The van der Waals surface area contributed by atoms with Crippen LogP contribution >= 0.6 is 23.1 Å². The monoisotopic (exact) mass is 402 g/mol. The lowest BCUT2D eigenvalue weighted by atomic mass is 10.2. The lowest BCUT2D eigenvalue weighted by Crippen LogP contribution is -2.16. The number of hydrogen-bond acceptors (Lipinski definition) is 7. The van der Waals surface area contributed by atoms with Gasteiger partial charge in [-0.25, -0.2) is 4.79 Å². The maximum atomic E-state index is 12.3.